The fraction of sp³-hybridized carbons (Fsp3) is 0.818. The molecule has 3 rings (SSSR count). The molecule has 15 heavy (non-hydrogen) atoms. The average Bonchev–Trinajstić information content (AvgIpc) is 2.70. The molecule has 4 nitrogen and oxygen atoms in total. The summed E-state index contributed by atoms with van der Waals surface area (Å²) >= 11 is 0. The second kappa shape index (κ2) is 3.59. The van der Waals surface area contributed by atoms with Crippen LogP contribution in [0.4, 0.5) is 0 Å². The number of nitrogens with zero attached hydrogens (tertiary/aromatic N) is 3. The van der Waals surface area contributed by atoms with E-state index < -0.39 is 0 Å². The van der Waals surface area contributed by atoms with Crippen molar-refractivity contribution in [2.75, 3.05) is 6.54 Å². The lowest BCUT2D eigenvalue weighted by Crippen LogP contribution is -2.17. The van der Waals surface area contributed by atoms with E-state index in [0.717, 1.165) is 18.2 Å². The number of nitrogens with one attached hydrogen (secondary N) is 1. The molecular formula is C11H18N4. The highest BCUT2D eigenvalue weighted by Gasteiger charge is 2.27. The van der Waals surface area contributed by atoms with Crippen LogP contribution in [-0.2, 0) is 7.05 Å². The first kappa shape index (κ1) is 9.33. The van der Waals surface area contributed by atoms with Gasteiger partial charge in [-0.2, -0.15) is 5.10 Å². The van der Waals surface area contributed by atoms with E-state index >= 15 is 0 Å². The van der Waals surface area contributed by atoms with E-state index in [9.17, 15) is 0 Å². The van der Waals surface area contributed by atoms with Gasteiger partial charge >= 0.3 is 0 Å². The van der Waals surface area contributed by atoms with Crippen molar-refractivity contribution in [3.05, 3.63) is 11.6 Å². The highest BCUT2D eigenvalue weighted by molar-refractivity contribution is 5.06. The van der Waals surface area contributed by atoms with E-state index in [0.29, 0.717) is 12.0 Å². The standard InChI is InChI=1S/C11H18N4/c1-15-11(9-6-3-7-12-9)13-10(14-15)8-4-2-5-8/h8-9,12H,2-7H2,1H3. The Morgan fingerprint density at radius 3 is 2.73 bits per heavy atom. The fourth-order valence-electron chi connectivity index (χ4n) is 2.46. The molecule has 0 bridgehead atoms. The third kappa shape index (κ3) is 1.57. The molecule has 1 N–H and O–H groups in total. The van der Waals surface area contributed by atoms with Gasteiger partial charge in [0.05, 0.1) is 6.04 Å². The minimum Gasteiger partial charge on any atom is -0.307 e. The van der Waals surface area contributed by atoms with Crippen LogP contribution in [0.25, 0.3) is 0 Å². The lowest BCUT2D eigenvalue weighted by molar-refractivity contribution is 0.400. The number of aryl methyl sites for hydroxylation is 1. The Morgan fingerprint density at radius 1 is 1.27 bits per heavy atom. The Morgan fingerprint density at radius 2 is 2.13 bits per heavy atom. The normalized spacial score (nSPS) is 26.9. The van der Waals surface area contributed by atoms with Crippen molar-refractivity contribution in [3.63, 3.8) is 0 Å². The number of hydrogen-bond donors (Lipinski definition) is 1. The molecule has 1 saturated carbocycles. The summed E-state index contributed by atoms with van der Waals surface area (Å²) < 4.78 is 1.97. The fourth-order valence-corrected chi connectivity index (χ4v) is 2.46. The molecule has 1 aromatic heterocycles. The Hall–Kier alpha value is -0.900. The topological polar surface area (TPSA) is 42.7 Å². The minimum absolute atomic E-state index is 0.441. The largest absolute Gasteiger partial charge is 0.307 e. The van der Waals surface area contributed by atoms with Crippen LogP contribution in [0.5, 0.6) is 0 Å². The Bertz CT molecular complexity index is 347. The maximum Gasteiger partial charge on any atom is 0.154 e. The summed E-state index contributed by atoms with van der Waals surface area (Å²) in [6.07, 6.45) is 6.37. The average molecular weight is 206 g/mol. The van der Waals surface area contributed by atoms with Crippen molar-refractivity contribution < 1.29 is 0 Å². The molecule has 1 aliphatic heterocycles. The maximum atomic E-state index is 4.70. The Labute approximate surface area is 90.1 Å². The molecule has 2 heterocycles. The van der Waals surface area contributed by atoms with Gasteiger partial charge in [-0.25, -0.2) is 4.98 Å². The molecule has 1 atom stereocenters. The van der Waals surface area contributed by atoms with Crippen LogP contribution < -0.4 is 5.32 Å². The predicted molar refractivity (Wildman–Crippen MR) is 57.6 cm³/mol. The molecule has 1 aliphatic carbocycles. The zero-order chi connectivity index (χ0) is 10.3. The summed E-state index contributed by atoms with van der Waals surface area (Å²) in [5.41, 5.74) is 0. The van der Waals surface area contributed by atoms with Gasteiger partial charge in [0, 0.05) is 13.0 Å². The van der Waals surface area contributed by atoms with Gasteiger partial charge in [0.25, 0.3) is 0 Å². The van der Waals surface area contributed by atoms with Gasteiger partial charge in [-0.05, 0) is 32.2 Å². The van der Waals surface area contributed by atoms with Crippen molar-refractivity contribution in [3.8, 4) is 0 Å². The molecule has 1 unspecified atom stereocenters. The van der Waals surface area contributed by atoms with Gasteiger partial charge in [-0.15, -0.1) is 0 Å². The van der Waals surface area contributed by atoms with Crippen LogP contribution in [0.2, 0.25) is 0 Å². The maximum absolute atomic E-state index is 4.70. The smallest absolute Gasteiger partial charge is 0.154 e. The van der Waals surface area contributed by atoms with Crippen molar-refractivity contribution in [1.29, 1.82) is 0 Å². The SMILES string of the molecule is Cn1nc(C2CCC2)nc1C1CCCN1. The molecule has 2 fully saturated rings. The second-order valence-electron chi connectivity index (χ2n) is 4.73. The van der Waals surface area contributed by atoms with Gasteiger partial charge in [0.15, 0.2) is 5.82 Å². The number of hydrogen-bond acceptors (Lipinski definition) is 3. The minimum atomic E-state index is 0.441. The summed E-state index contributed by atoms with van der Waals surface area (Å²) in [5, 5.41) is 8.02. The summed E-state index contributed by atoms with van der Waals surface area (Å²) in [5.74, 6) is 2.85. The number of aromatic nitrogens is 3. The predicted octanol–water partition coefficient (Wildman–Crippen LogP) is 1.51. The quantitative estimate of drug-likeness (QED) is 0.797. The van der Waals surface area contributed by atoms with Crippen LogP contribution in [0.3, 0.4) is 0 Å². The van der Waals surface area contributed by atoms with Gasteiger partial charge in [0.1, 0.15) is 5.82 Å². The first-order valence-corrected chi connectivity index (χ1v) is 5.99. The van der Waals surface area contributed by atoms with Crippen molar-refractivity contribution in [1.82, 2.24) is 20.1 Å². The summed E-state index contributed by atoms with van der Waals surface area (Å²) in [6.45, 7) is 1.12. The number of rotatable bonds is 2. The molecule has 0 amide bonds. The first-order valence-electron chi connectivity index (χ1n) is 5.99. The Balaban J connectivity index is 1.84. The zero-order valence-electron chi connectivity index (χ0n) is 9.24. The van der Waals surface area contributed by atoms with Gasteiger partial charge in [0.2, 0.25) is 0 Å². The summed E-state index contributed by atoms with van der Waals surface area (Å²) in [4.78, 5) is 4.70. The van der Waals surface area contributed by atoms with Crippen LogP contribution in [-0.4, -0.2) is 21.3 Å². The Kier molecular flexibility index (Phi) is 2.24. The third-order valence-corrected chi connectivity index (χ3v) is 3.66. The van der Waals surface area contributed by atoms with E-state index in [1.807, 2.05) is 11.7 Å². The highest BCUT2D eigenvalue weighted by Crippen LogP contribution is 2.35. The van der Waals surface area contributed by atoms with Crippen LogP contribution in [0.15, 0.2) is 0 Å². The molecule has 0 aromatic carbocycles. The van der Waals surface area contributed by atoms with E-state index in [2.05, 4.69) is 10.4 Å². The van der Waals surface area contributed by atoms with Crippen LogP contribution >= 0.6 is 0 Å². The molecule has 0 radical (unpaired) electrons. The van der Waals surface area contributed by atoms with Crippen molar-refractivity contribution in [2.45, 2.75) is 44.1 Å². The summed E-state index contributed by atoms with van der Waals surface area (Å²) in [6, 6.07) is 0.441. The second-order valence-corrected chi connectivity index (χ2v) is 4.73. The molecule has 0 spiro atoms. The van der Waals surface area contributed by atoms with Crippen molar-refractivity contribution in [2.24, 2.45) is 7.05 Å². The molecular weight excluding hydrogens is 188 g/mol. The van der Waals surface area contributed by atoms with Gasteiger partial charge in [-0.3, -0.25) is 4.68 Å². The van der Waals surface area contributed by atoms with Crippen molar-refractivity contribution >= 4 is 0 Å². The van der Waals surface area contributed by atoms with Crippen LogP contribution in [0.1, 0.15) is 55.7 Å². The monoisotopic (exact) mass is 206 g/mol. The molecule has 1 saturated heterocycles. The highest BCUT2D eigenvalue weighted by atomic mass is 15.3. The van der Waals surface area contributed by atoms with Crippen LogP contribution in [0, 0.1) is 0 Å². The van der Waals surface area contributed by atoms with E-state index in [1.165, 1.54) is 32.1 Å². The summed E-state index contributed by atoms with van der Waals surface area (Å²) in [7, 11) is 2.02. The zero-order valence-corrected chi connectivity index (χ0v) is 9.24. The lowest BCUT2D eigenvalue weighted by Gasteiger charge is -2.21. The van der Waals surface area contributed by atoms with Gasteiger partial charge in [-0.1, -0.05) is 6.42 Å². The van der Waals surface area contributed by atoms with E-state index in [4.69, 9.17) is 4.98 Å². The molecule has 82 valence electrons. The van der Waals surface area contributed by atoms with E-state index in [-0.39, 0.29) is 0 Å². The van der Waals surface area contributed by atoms with E-state index in [1.54, 1.807) is 0 Å². The first-order chi connectivity index (χ1) is 7.34. The third-order valence-electron chi connectivity index (χ3n) is 3.66. The molecule has 2 aliphatic rings. The molecule has 4 heteroatoms. The molecule has 1 aromatic rings. The van der Waals surface area contributed by atoms with Gasteiger partial charge < -0.3 is 5.32 Å². The lowest BCUT2D eigenvalue weighted by atomic mass is 9.85.